The van der Waals surface area contributed by atoms with E-state index >= 15 is 0 Å². The molecule has 0 amide bonds. The van der Waals surface area contributed by atoms with Crippen molar-refractivity contribution in [2.75, 3.05) is 19.4 Å². The van der Waals surface area contributed by atoms with Gasteiger partial charge in [0, 0.05) is 25.8 Å². The number of nitrogens with one attached hydrogen (secondary N) is 1. The third-order valence-electron chi connectivity index (χ3n) is 3.77. The highest BCUT2D eigenvalue weighted by Crippen LogP contribution is 2.23. The molecule has 0 bridgehead atoms. The molecule has 18 heavy (non-hydrogen) atoms. The number of hydrogen-bond donors (Lipinski definition) is 2. The Kier molecular flexibility index (Phi) is 4.55. The summed E-state index contributed by atoms with van der Waals surface area (Å²) in [5.74, 6) is 0.894. The minimum atomic E-state index is -0.172. The molecule has 2 atom stereocenters. The van der Waals surface area contributed by atoms with Crippen molar-refractivity contribution in [2.45, 2.75) is 44.4 Å². The van der Waals surface area contributed by atoms with Crippen LogP contribution in [0.1, 0.15) is 31.2 Å². The number of nitrogens with zero attached hydrogens (tertiary/aromatic N) is 2. The summed E-state index contributed by atoms with van der Waals surface area (Å²) in [6.45, 7) is 0.860. The maximum Gasteiger partial charge on any atom is 0.125 e. The molecule has 1 aromatic heterocycles. The molecule has 100 valence electrons. The second-order valence-electron chi connectivity index (χ2n) is 5.13. The first kappa shape index (κ1) is 13.3. The van der Waals surface area contributed by atoms with Gasteiger partial charge in [0.05, 0.1) is 6.10 Å². The van der Waals surface area contributed by atoms with E-state index in [4.69, 9.17) is 0 Å². The minimum absolute atomic E-state index is 0.172. The summed E-state index contributed by atoms with van der Waals surface area (Å²) < 4.78 is 0. The normalized spacial score (nSPS) is 24.2. The third-order valence-corrected chi connectivity index (χ3v) is 3.77. The largest absolute Gasteiger partial charge is 0.391 e. The summed E-state index contributed by atoms with van der Waals surface area (Å²) in [5, 5.41) is 13.1. The average Bonchev–Trinajstić information content (AvgIpc) is 2.39. The Morgan fingerprint density at radius 2 is 2.22 bits per heavy atom. The molecule has 0 spiro atoms. The van der Waals surface area contributed by atoms with Crippen LogP contribution in [0.3, 0.4) is 0 Å². The van der Waals surface area contributed by atoms with Gasteiger partial charge in [-0.3, -0.25) is 4.90 Å². The van der Waals surface area contributed by atoms with Gasteiger partial charge in [-0.15, -0.1) is 0 Å². The lowest BCUT2D eigenvalue weighted by atomic mass is 9.91. The van der Waals surface area contributed by atoms with Crippen LogP contribution in [0.4, 0.5) is 5.82 Å². The summed E-state index contributed by atoms with van der Waals surface area (Å²) in [7, 11) is 3.97. The van der Waals surface area contributed by atoms with Gasteiger partial charge in [0.25, 0.3) is 0 Å². The van der Waals surface area contributed by atoms with E-state index in [1.807, 2.05) is 19.3 Å². The van der Waals surface area contributed by atoms with E-state index < -0.39 is 0 Å². The molecule has 1 aromatic rings. The van der Waals surface area contributed by atoms with Crippen LogP contribution in [0.15, 0.2) is 18.3 Å². The monoisotopic (exact) mass is 249 g/mol. The van der Waals surface area contributed by atoms with Crippen molar-refractivity contribution in [1.29, 1.82) is 0 Å². The van der Waals surface area contributed by atoms with Gasteiger partial charge in [-0.25, -0.2) is 4.98 Å². The van der Waals surface area contributed by atoms with Gasteiger partial charge in [-0.05, 0) is 37.6 Å². The van der Waals surface area contributed by atoms with Crippen molar-refractivity contribution >= 4 is 5.82 Å². The molecule has 2 unspecified atom stereocenters. The summed E-state index contributed by atoms with van der Waals surface area (Å²) in [4.78, 5) is 6.48. The zero-order valence-corrected chi connectivity index (χ0v) is 11.3. The first-order valence-corrected chi connectivity index (χ1v) is 6.71. The van der Waals surface area contributed by atoms with E-state index in [-0.39, 0.29) is 6.10 Å². The Labute approximate surface area is 109 Å². The predicted octanol–water partition coefficient (Wildman–Crippen LogP) is 1.86. The van der Waals surface area contributed by atoms with Crippen LogP contribution in [-0.4, -0.2) is 41.2 Å². The second-order valence-corrected chi connectivity index (χ2v) is 5.13. The van der Waals surface area contributed by atoms with Gasteiger partial charge in [0.15, 0.2) is 0 Å². The van der Waals surface area contributed by atoms with Crippen molar-refractivity contribution in [3.8, 4) is 0 Å². The van der Waals surface area contributed by atoms with Gasteiger partial charge in [0.1, 0.15) is 5.82 Å². The Morgan fingerprint density at radius 3 is 2.94 bits per heavy atom. The van der Waals surface area contributed by atoms with Crippen molar-refractivity contribution in [2.24, 2.45) is 0 Å². The van der Waals surface area contributed by atoms with Gasteiger partial charge in [0.2, 0.25) is 0 Å². The Hall–Kier alpha value is -1.13. The van der Waals surface area contributed by atoms with Crippen LogP contribution in [0.25, 0.3) is 0 Å². The quantitative estimate of drug-likeness (QED) is 0.855. The Morgan fingerprint density at radius 1 is 1.44 bits per heavy atom. The lowest BCUT2D eigenvalue weighted by molar-refractivity contribution is 0.0288. The molecule has 4 nitrogen and oxygen atoms in total. The van der Waals surface area contributed by atoms with Crippen molar-refractivity contribution in [3.05, 3.63) is 23.9 Å². The zero-order valence-electron chi connectivity index (χ0n) is 11.3. The summed E-state index contributed by atoms with van der Waals surface area (Å²) in [6.07, 6.45) is 6.07. The molecule has 1 heterocycles. The topological polar surface area (TPSA) is 48.4 Å². The third kappa shape index (κ3) is 3.21. The maximum atomic E-state index is 10.1. The number of rotatable bonds is 4. The molecule has 0 saturated heterocycles. The highest BCUT2D eigenvalue weighted by atomic mass is 16.3. The van der Waals surface area contributed by atoms with Gasteiger partial charge in [-0.1, -0.05) is 12.8 Å². The van der Waals surface area contributed by atoms with Crippen molar-refractivity contribution in [1.82, 2.24) is 9.88 Å². The average molecular weight is 249 g/mol. The molecule has 0 aromatic carbocycles. The number of likely N-dealkylation sites (N-methyl/N-ethyl adjacent to an activating group) is 1. The molecule has 1 saturated carbocycles. The number of aliphatic hydroxyl groups is 1. The lowest BCUT2D eigenvalue weighted by Crippen LogP contribution is -2.42. The molecular formula is C14H23N3O. The summed E-state index contributed by atoms with van der Waals surface area (Å²) >= 11 is 0. The van der Waals surface area contributed by atoms with Crippen LogP contribution >= 0.6 is 0 Å². The molecule has 1 fully saturated rings. The second kappa shape index (κ2) is 6.16. The smallest absolute Gasteiger partial charge is 0.125 e. The number of aliphatic hydroxyl groups excluding tert-OH is 1. The van der Waals surface area contributed by atoms with Crippen LogP contribution in [-0.2, 0) is 6.54 Å². The van der Waals surface area contributed by atoms with Crippen LogP contribution in [0, 0.1) is 0 Å². The molecule has 2 rings (SSSR count). The first-order valence-electron chi connectivity index (χ1n) is 6.71. The SMILES string of the molecule is CNc1cc(CN(C)C2CCCCC2O)ccn1. The molecule has 1 aliphatic rings. The zero-order chi connectivity index (χ0) is 13.0. The fourth-order valence-corrected chi connectivity index (χ4v) is 2.72. The van der Waals surface area contributed by atoms with Gasteiger partial charge < -0.3 is 10.4 Å². The van der Waals surface area contributed by atoms with Crippen molar-refractivity contribution < 1.29 is 5.11 Å². The Balaban J connectivity index is 1.98. The van der Waals surface area contributed by atoms with E-state index in [2.05, 4.69) is 28.3 Å². The van der Waals surface area contributed by atoms with E-state index in [1.54, 1.807) is 0 Å². The van der Waals surface area contributed by atoms with E-state index in [1.165, 1.54) is 12.0 Å². The summed E-state index contributed by atoms with van der Waals surface area (Å²) in [5.41, 5.74) is 1.23. The lowest BCUT2D eigenvalue weighted by Gasteiger charge is -2.35. The number of hydrogen-bond acceptors (Lipinski definition) is 4. The number of anilines is 1. The maximum absolute atomic E-state index is 10.1. The molecule has 1 aliphatic carbocycles. The molecule has 0 radical (unpaired) electrons. The van der Waals surface area contributed by atoms with Crippen LogP contribution < -0.4 is 5.32 Å². The molecular weight excluding hydrogens is 226 g/mol. The highest BCUT2D eigenvalue weighted by molar-refractivity contribution is 5.36. The minimum Gasteiger partial charge on any atom is -0.391 e. The van der Waals surface area contributed by atoms with Crippen LogP contribution in [0.2, 0.25) is 0 Å². The van der Waals surface area contributed by atoms with Gasteiger partial charge in [-0.2, -0.15) is 0 Å². The standard InChI is InChI=1S/C14H23N3O/c1-15-14-9-11(7-8-16-14)10-17(2)12-5-3-4-6-13(12)18/h7-9,12-13,18H,3-6,10H2,1-2H3,(H,15,16). The summed E-state index contributed by atoms with van der Waals surface area (Å²) in [6, 6.07) is 4.39. The molecule has 0 aliphatic heterocycles. The Bertz CT molecular complexity index is 383. The van der Waals surface area contributed by atoms with E-state index in [0.717, 1.165) is 31.6 Å². The van der Waals surface area contributed by atoms with Crippen LogP contribution in [0.5, 0.6) is 0 Å². The number of pyridine rings is 1. The fourth-order valence-electron chi connectivity index (χ4n) is 2.72. The van der Waals surface area contributed by atoms with Gasteiger partial charge >= 0.3 is 0 Å². The van der Waals surface area contributed by atoms with E-state index in [9.17, 15) is 5.11 Å². The molecule has 4 heteroatoms. The molecule has 2 N–H and O–H groups in total. The highest BCUT2D eigenvalue weighted by Gasteiger charge is 2.26. The number of aromatic nitrogens is 1. The fraction of sp³-hybridized carbons (Fsp3) is 0.643. The predicted molar refractivity (Wildman–Crippen MR) is 73.5 cm³/mol. The van der Waals surface area contributed by atoms with Crippen molar-refractivity contribution in [3.63, 3.8) is 0 Å². The van der Waals surface area contributed by atoms with E-state index in [0.29, 0.717) is 6.04 Å². The first-order chi connectivity index (χ1) is 8.70.